The molecule has 0 bridgehead atoms. The Balaban J connectivity index is 1.52. The number of hydrogen-bond acceptors (Lipinski definition) is 6. The monoisotopic (exact) mass is 428 g/mol. The van der Waals surface area contributed by atoms with Crippen molar-refractivity contribution < 1.29 is 33.8 Å². The summed E-state index contributed by atoms with van der Waals surface area (Å²) < 4.78 is 10.4. The summed E-state index contributed by atoms with van der Waals surface area (Å²) in [5.41, 5.74) is 6.43. The lowest BCUT2D eigenvalue weighted by molar-refractivity contribution is -0.162. The van der Waals surface area contributed by atoms with Crippen LogP contribution < -0.4 is 10.8 Å². The summed E-state index contributed by atoms with van der Waals surface area (Å²) in [6.07, 6.45) is -3.01. The Kier molecular flexibility index (Phi) is 7.22. The number of alkyl carbamates (subject to hydrolysis) is 1. The SMILES string of the molecule is COC(CNC(=O)OCC1c2ccccc2-c2ccccc21)C(=O)NOC(C)C(=O)O. The number of fused-ring (bicyclic) bond motifs is 3. The molecule has 3 rings (SSSR count). The van der Waals surface area contributed by atoms with Crippen molar-refractivity contribution >= 4 is 18.0 Å². The first-order valence-electron chi connectivity index (χ1n) is 9.72. The fraction of sp³-hybridized carbons (Fsp3) is 0.318. The quantitative estimate of drug-likeness (QED) is 0.523. The third-order valence-electron chi connectivity index (χ3n) is 5.04. The standard InChI is InChI=1S/C22H24N2O7/c1-13(21(26)27)31-24-20(25)19(29-2)11-23-22(28)30-12-18-16-9-5-3-7-14(16)15-8-4-6-10-17(15)18/h3-10,13,18-19H,11-12H2,1-2H3,(H,23,28)(H,24,25)(H,26,27). The van der Waals surface area contributed by atoms with Gasteiger partial charge in [0.1, 0.15) is 6.61 Å². The van der Waals surface area contributed by atoms with Crippen LogP contribution in [0.3, 0.4) is 0 Å². The molecule has 0 aromatic heterocycles. The number of carboxylic acid groups (broad SMARTS) is 1. The van der Waals surface area contributed by atoms with Crippen LogP contribution in [-0.4, -0.2) is 55.5 Å². The zero-order valence-electron chi connectivity index (χ0n) is 17.2. The topological polar surface area (TPSA) is 123 Å². The average molecular weight is 428 g/mol. The van der Waals surface area contributed by atoms with Gasteiger partial charge in [0.2, 0.25) is 0 Å². The largest absolute Gasteiger partial charge is 0.479 e. The van der Waals surface area contributed by atoms with E-state index in [2.05, 4.69) is 5.32 Å². The Morgan fingerprint density at radius 2 is 1.61 bits per heavy atom. The summed E-state index contributed by atoms with van der Waals surface area (Å²) in [6, 6.07) is 16.0. The Hall–Kier alpha value is -3.43. The van der Waals surface area contributed by atoms with Crippen LogP contribution in [0.15, 0.2) is 48.5 Å². The Morgan fingerprint density at radius 3 is 2.16 bits per heavy atom. The van der Waals surface area contributed by atoms with Gasteiger partial charge in [-0.15, -0.1) is 0 Å². The molecule has 0 heterocycles. The molecule has 9 heteroatoms. The van der Waals surface area contributed by atoms with Crippen LogP contribution in [0.2, 0.25) is 0 Å². The first-order chi connectivity index (χ1) is 14.9. The first kappa shape index (κ1) is 22.3. The summed E-state index contributed by atoms with van der Waals surface area (Å²) in [7, 11) is 1.28. The van der Waals surface area contributed by atoms with Crippen molar-refractivity contribution in [1.29, 1.82) is 0 Å². The molecule has 0 fully saturated rings. The number of ether oxygens (including phenoxy) is 2. The zero-order chi connectivity index (χ0) is 22.4. The van der Waals surface area contributed by atoms with Gasteiger partial charge in [0.05, 0.1) is 6.54 Å². The molecule has 0 radical (unpaired) electrons. The van der Waals surface area contributed by atoms with E-state index in [1.807, 2.05) is 54.0 Å². The number of amides is 2. The van der Waals surface area contributed by atoms with E-state index in [9.17, 15) is 14.4 Å². The van der Waals surface area contributed by atoms with E-state index in [0.717, 1.165) is 22.3 Å². The fourth-order valence-electron chi connectivity index (χ4n) is 3.37. The second kappa shape index (κ2) is 10.1. The van der Waals surface area contributed by atoms with Crippen LogP contribution in [0.4, 0.5) is 4.79 Å². The van der Waals surface area contributed by atoms with E-state index in [0.29, 0.717) is 0 Å². The van der Waals surface area contributed by atoms with Crippen molar-refractivity contribution in [3.63, 3.8) is 0 Å². The summed E-state index contributed by atoms with van der Waals surface area (Å²) in [6.45, 7) is 1.23. The average Bonchev–Trinajstić information content (AvgIpc) is 3.10. The second-order valence-corrected chi connectivity index (χ2v) is 7.00. The lowest BCUT2D eigenvalue weighted by atomic mass is 9.98. The molecule has 2 aromatic rings. The van der Waals surface area contributed by atoms with Crippen molar-refractivity contribution in [2.24, 2.45) is 0 Å². The number of rotatable bonds is 9. The smallest absolute Gasteiger partial charge is 0.407 e. The van der Waals surface area contributed by atoms with Gasteiger partial charge in [-0.05, 0) is 29.2 Å². The highest BCUT2D eigenvalue weighted by Crippen LogP contribution is 2.44. The maximum absolute atomic E-state index is 12.2. The van der Waals surface area contributed by atoms with Gasteiger partial charge in [-0.1, -0.05) is 48.5 Å². The summed E-state index contributed by atoms with van der Waals surface area (Å²) in [5, 5.41) is 11.2. The van der Waals surface area contributed by atoms with Gasteiger partial charge >= 0.3 is 12.1 Å². The van der Waals surface area contributed by atoms with Gasteiger partial charge in [0.25, 0.3) is 5.91 Å². The van der Waals surface area contributed by atoms with E-state index >= 15 is 0 Å². The molecule has 0 saturated carbocycles. The van der Waals surface area contributed by atoms with Crippen LogP contribution in [0.1, 0.15) is 24.0 Å². The van der Waals surface area contributed by atoms with Crippen molar-refractivity contribution in [3.05, 3.63) is 59.7 Å². The Bertz CT molecular complexity index is 917. The normalized spacial score (nSPS) is 14.1. The number of methoxy groups -OCH3 is 1. The molecule has 2 unspecified atom stereocenters. The maximum Gasteiger partial charge on any atom is 0.407 e. The molecule has 2 atom stereocenters. The Morgan fingerprint density at radius 1 is 1.03 bits per heavy atom. The van der Waals surface area contributed by atoms with Crippen LogP contribution >= 0.6 is 0 Å². The lowest BCUT2D eigenvalue weighted by Crippen LogP contribution is -2.45. The molecular formula is C22H24N2O7. The minimum atomic E-state index is -1.23. The molecule has 0 saturated heterocycles. The summed E-state index contributed by atoms with van der Waals surface area (Å²) in [4.78, 5) is 39.6. The molecule has 2 aromatic carbocycles. The third-order valence-corrected chi connectivity index (χ3v) is 5.04. The van der Waals surface area contributed by atoms with Crippen molar-refractivity contribution in [2.75, 3.05) is 20.3 Å². The number of benzene rings is 2. The van der Waals surface area contributed by atoms with Crippen molar-refractivity contribution in [2.45, 2.75) is 25.0 Å². The fourth-order valence-corrected chi connectivity index (χ4v) is 3.37. The van der Waals surface area contributed by atoms with Crippen LogP contribution in [-0.2, 0) is 23.9 Å². The van der Waals surface area contributed by atoms with E-state index in [1.54, 1.807) is 0 Å². The molecular weight excluding hydrogens is 404 g/mol. The van der Waals surface area contributed by atoms with Gasteiger partial charge in [-0.25, -0.2) is 15.1 Å². The van der Waals surface area contributed by atoms with Gasteiger partial charge < -0.3 is 19.9 Å². The molecule has 3 N–H and O–H groups in total. The molecule has 0 spiro atoms. The van der Waals surface area contributed by atoms with E-state index in [4.69, 9.17) is 19.4 Å². The molecule has 31 heavy (non-hydrogen) atoms. The number of carbonyl (C=O) groups is 3. The predicted molar refractivity (Wildman–Crippen MR) is 110 cm³/mol. The molecule has 9 nitrogen and oxygen atoms in total. The van der Waals surface area contributed by atoms with Gasteiger partial charge in [0.15, 0.2) is 12.2 Å². The van der Waals surface area contributed by atoms with Crippen LogP contribution in [0.25, 0.3) is 11.1 Å². The van der Waals surface area contributed by atoms with Crippen LogP contribution in [0.5, 0.6) is 0 Å². The zero-order valence-corrected chi connectivity index (χ0v) is 17.2. The number of aliphatic carboxylic acids is 1. The highest BCUT2D eigenvalue weighted by atomic mass is 16.7. The number of carbonyl (C=O) groups excluding carboxylic acids is 2. The molecule has 164 valence electrons. The molecule has 0 aliphatic heterocycles. The lowest BCUT2D eigenvalue weighted by Gasteiger charge is -2.18. The van der Waals surface area contributed by atoms with E-state index in [-0.39, 0.29) is 19.1 Å². The number of hydroxylamine groups is 1. The first-order valence-corrected chi connectivity index (χ1v) is 9.72. The highest BCUT2D eigenvalue weighted by molar-refractivity contribution is 5.81. The number of nitrogens with one attached hydrogen (secondary N) is 2. The van der Waals surface area contributed by atoms with E-state index in [1.165, 1.54) is 14.0 Å². The Labute approximate surface area is 179 Å². The molecule has 2 amide bonds. The van der Waals surface area contributed by atoms with Gasteiger partial charge in [-0.2, -0.15) is 0 Å². The van der Waals surface area contributed by atoms with Gasteiger partial charge in [0, 0.05) is 13.0 Å². The van der Waals surface area contributed by atoms with Crippen molar-refractivity contribution in [3.8, 4) is 11.1 Å². The number of carboxylic acids is 1. The maximum atomic E-state index is 12.2. The van der Waals surface area contributed by atoms with Crippen LogP contribution in [0, 0.1) is 0 Å². The highest BCUT2D eigenvalue weighted by Gasteiger charge is 2.29. The molecule has 1 aliphatic rings. The van der Waals surface area contributed by atoms with E-state index < -0.39 is 30.2 Å². The third kappa shape index (κ3) is 5.19. The van der Waals surface area contributed by atoms with Crippen molar-refractivity contribution in [1.82, 2.24) is 10.8 Å². The van der Waals surface area contributed by atoms with Gasteiger partial charge in [-0.3, -0.25) is 9.63 Å². The number of hydrogen-bond donors (Lipinski definition) is 3. The minimum absolute atomic E-state index is 0.0782. The predicted octanol–water partition coefficient (Wildman–Crippen LogP) is 2.06. The molecule has 1 aliphatic carbocycles. The summed E-state index contributed by atoms with van der Waals surface area (Å²) in [5.74, 6) is -2.04. The minimum Gasteiger partial charge on any atom is -0.479 e. The summed E-state index contributed by atoms with van der Waals surface area (Å²) >= 11 is 0. The second-order valence-electron chi connectivity index (χ2n) is 7.00.